The molecule has 1 atom stereocenters. The van der Waals surface area contributed by atoms with E-state index in [1.807, 2.05) is 0 Å². The van der Waals surface area contributed by atoms with Crippen molar-refractivity contribution >= 4 is 0 Å². The van der Waals surface area contributed by atoms with E-state index in [0.29, 0.717) is 0 Å². The molecule has 0 aromatic carbocycles. The zero-order valence-corrected chi connectivity index (χ0v) is 5.70. The summed E-state index contributed by atoms with van der Waals surface area (Å²) in [6.45, 7) is 1.65. The highest BCUT2D eigenvalue weighted by atomic mass is 19.2. The molecule has 0 saturated heterocycles. The molecule has 1 aliphatic heterocycles. The number of halogens is 2. The van der Waals surface area contributed by atoms with Crippen LogP contribution in [0, 0.1) is 0 Å². The largest absolute Gasteiger partial charge is 0.356 e. The van der Waals surface area contributed by atoms with Gasteiger partial charge in [0.2, 0.25) is 5.79 Å². The summed E-state index contributed by atoms with van der Waals surface area (Å²) >= 11 is 0. The van der Waals surface area contributed by atoms with Gasteiger partial charge < -0.3 is 5.32 Å². The molecule has 1 nitrogen and oxygen atoms in total. The number of dihydropyridines is 1. The Kier molecular flexibility index (Phi) is 1.74. The van der Waals surface area contributed by atoms with Crippen LogP contribution in [0.1, 0.15) is 13.3 Å². The van der Waals surface area contributed by atoms with E-state index in [-0.39, 0.29) is 6.42 Å². The fourth-order valence-corrected chi connectivity index (χ4v) is 0.772. The van der Waals surface area contributed by atoms with Crippen LogP contribution in [-0.4, -0.2) is 5.79 Å². The number of nitrogens with one attached hydrogen (secondary N) is 1. The topological polar surface area (TPSA) is 12.0 Å². The third-order valence-corrected chi connectivity index (χ3v) is 1.45. The summed E-state index contributed by atoms with van der Waals surface area (Å²) in [6, 6.07) is 0. The van der Waals surface area contributed by atoms with Gasteiger partial charge in [-0.3, -0.25) is 0 Å². The Morgan fingerprint density at radius 1 is 1.70 bits per heavy atom. The summed E-state index contributed by atoms with van der Waals surface area (Å²) in [5.74, 6) is -2.21. The van der Waals surface area contributed by atoms with Gasteiger partial charge in [0.05, 0.1) is 0 Å². The van der Waals surface area contributed by atoms with Crippen molar-refractivity contribution in [1.82, 2.24) is 5.32 Å². The second kappa shape index (κ2) is 2.40. The van der Waals surface area contributed by atoms with Crippen LogP contribution < -0.4 is 5.32 Å². The molecule has 0 aliphatic carbocycles. The lowest BCUT2D eigenvalue weighted by Gasteiger charge is -2.22. The van der Waals surface area contributed by atoms with Crippen molar-refractivity contribution in [2.75, 3.05) is 0 Å². The molecule has 1 unspecified atom stereocenters. The molecule has 10 heavy (non-hydrogen) atoms. The van der Waals surface area contributed by atoms with Crippen LogP contribution in [-0.2, 0) is 0 Å². The van der Waals surface area contributed by atoms with Crippen LogP contribution >= 0.6 is 0 Å². The molecule has 0 aromatic heterocycles. The van der Waals surface area contributed by atoms with Gasteiger partial charge in [-0.2, -0.15) is 0 Å². The molecule has 1 aliphatic rings. The van der Waals surface area contributed by atoms with E-state index < -0.39 is 11.6 Å². The smallest absolute Gasteiger partial charge is 0.201 e. The van der Waals surface area contributed by atoms with Crippen LogP contribution in [0.25, 0.3) is 0 Å². The Morgan fingerprint density at radius 2 is 2.40 bits per heavy atom. The molecular formula is C7H9F2N. The number of allylic oxidation sites excluding steroid dienone is 2. The predicted molar refractivity (Wildman–Crippen MR) is 35.6 cm³/mol. The fourth-order valence-electron chi connectivity index (χ4n) is 0.772. The van der Waals surface area contributed by atoms with E-state index in [1.54, 1.807) is 6.92 Å². The maximum Gasteiger partial charge on any atom is 0.201 e. The zero-order valence-electron chi connectivity index (χ0n) is 5.70. The zero-order chi connectivity index (χ0) is 7.61. The first kappa shape index (κ1) is 7.25. The highest BCUT2D eigenvalue weighted by molar-refractivity contribution is 5.21. The Bertz CT molecular complexity index is 186. The minimum atomic E-state index is -1.68. The average Bonchev–Trinajstić information content (AvgIpc) is 1.88. The lowest BCUT2D eigenvalue weighted by atomic mass is 10.1. The van der Waals surface area contributed by atoms with Gasteiger partial charge in [-0.15, -0.1) is 0 Å². The molecule has 1 N–H and O–H groups in total. The second-order valence-corrected chi connectivity index (χ2v) is 2.22. The fraction of sp³-hybridized carbons (Fsp3) is 0.429. The van der Waals surface area contributed by atoms with Gasteiger partial charge in [0.15, 0.2) is 0 Å². The summed E-state index contributed by atoms with van der Waals surface area (Å²) in [5, 5.41) is 2.41. The highest BCUT2D eigenvalue weighted by Crippen LogP contribution is 2.20. The lowest BCUT2D eigenvalue weighted by molar-refractivity contribution is 0.186. The van der Waals surface area contributed by atoms with E-state index >= 15 is 0 Å². The van der Waals surface area contributed by atoms with Crippen molar-refractivity contribution in [3.05, 3.63) is 24.2 Å². The van der Waals surface area contributed by atoms with Crippen LogP contribution in [0.3, 0.4) is 0 Å². The van der Waals surface area contributed by atoms with Gasteiger partial charge in [-0.05, 0) is 6.08 Å². The van der Waals surface area contributed by atoms with E-state index in [0.717, 1.165) is 6.08 Å². The summed E-state index contributed by atoms with van der Waals surface area (Å²) in [7, 11) is 0. The van der Waals surface area contributed by atoms with Crippen molar-refractivity contribution in [3.63, 3.8) is 0 Å². The third-order valence-electron chi connectivity index (χ3n) is 1.45. The Balaban J connectivity index is 2.76. The number of hydrogen-bond donors (Lipinski definition) is 1. The molecule has 3 heteroatoms. The summed E-state index contributed by atoms with van der Waals surface area (Å²) in [6.07, 6.45) is 3.63. The van der Waals surface area contributed by atoms with Gasteiger partial charge in [0.1, 0.15) is 5.83 Å². The maximum absolute atomic E-state index is 13.1. The molecule has 0 spiro atoms. The van der Waals surface area contributed by atoms with Crippen molar-refractivity contribution in [2.24, 2.45) is 0 Å². The second-order valence-electron chi connectivity index (χ2n) is 2.22. The van der Waals surface area contributed by atoms with E-state index in [2.05, 4.69) is 5.32 Å². The van der Waals surface area contributed by atoms with Gasteiger partial charge >= 0.3 is 0 Å². The Labute approximate surface area is 58.4 Å². The number of alkyl halides is 1. The first-order valence-electron chi connectivity index (χ1n) is 3.18. The molecule has 0 amide bonds. The standard InChI is InChI=1S/C7H9F2N/c1-2-7(9)5-6(8)3-4-10-7/h3-5,10H,2H2,1H3. The van der Waals surface area contributed by atoms with Crippen molar-refractivity contribution < 1.29 is 8.78 Å². The molecule has 1 heterocycles. The van der Waals surface area contributed by atoms with Crippen LogP contribution in [0.5, 0.6) is 0 Å². The first-order chi connectivity index (χ1) is 4.66. The Hall–Kier alpha value is -0.860. The Morgan fingerprint density at radius 3 is 2.80 bits per heavy atom. The molecule has 0 bridgehead atoms. The monoisotopic (exact) mass is 145 g/mol. The van der Waals surface area contributed by atoms with Crippen LogP contribution in [0.4, 0.5) is 8.78 Å². The van der Waals surface area contributed by atoms with Crippen LogP contribution in [0.15, 0.2) is 24.2 Å². The van der Waals surface area contributed by atoms with Crippen molar-refractivity contribution in [2.45, 2.75) is 19.1 Å². The van der Waals surface area contributed by atoms with Gasteiger partial charge in [0, 0.05) is 18.7 Å². The molecule has 1 rings (SSSR count). The summed E-state index contributed by atoms with van der Waals surface area (Å²) in [4.78, 5) is 0. The van der Waals surface area contributed by atoms with E-state index in [4.69, 9.17) is 0 Å². The first-order valence-corrected chi connectivity index (χ1v) is 3.18. The quantitative estimate of drug-likeness (QED) is 0.557. The van der Waals surface area contributed by atoms with E-state index in [1.165, 1.54) is 12.3 Å². The number of hydrogen-bond acceptors (Lipinski definition) is 1. The van der Waals surface area contributed by atoms with Crippen molar-refractivity contribution in [1.29, 1.82) is 0 Å². The van der Waals surface area contributed by atoms with Gasteiger partial charge in [0.25, 0.3) is 0 Å². The molecule has 0 fully saturated rings. The highest BCUT2D eigenvalue weighted by Gasteiger charge is 2.25. The third kappa shape index (κ3) is 1.35. The van der Waals surface area contributed by atoms with Crippen LogP contribution in [0.2, 0.25) is 0 Å². The van der Waals surface area contributed by atoms with Gasteiger partial charge in [-0.25, -0.2) is 8.78 Å². The molecule has 56 valence electrons. The number of rotatable bonds is 1. The predicted octanol–water partition coefficient (Wildman–Crippen LogP) is 2.03. The minimum Gasteiger partial charge on any atom is -0.356 e. The van der Waals surface area contributed by atoms with Gasteiger partial charge in [-0.1, -0.05) is 6.92 Å². The summed E-state index contributed by atoms with van der Waals surface area (Å²) < 4.78 is 25.4. The molecule has 0 radical (unpaired) electrons. The average molecular weight is 145 g/mol. The normalized spacial score (nSPS) is 31.3. The molecule has 0 aromatic rings. The molecule has 0 saturated carbocycles. The van der Waals surface area contributed by atoms with Crippen molar-refractivity contribution in [3.8, 4) is 0 Å². The molecular weight excluding hydrogens is 136 g/mol. The SMILES string of the molecule is CCC1(F)C=C(F)C=CN1. The van der Waals surface area contributed by atoms with E-state index in [9.17, 15) is 8.78 Å². The summed E-state index contributed by atoms with van der Waals surface area (Å²) in [5.41, 5.74) is 0. The lowest BCUT2D eigenvalue weighted by Crippen LogP contribution is -2.36. The maximum atomic E-state index is 13.1. The minimum absolute atomic E-state index is 0.227.